The van der Waals surface area contributed by atoms with Gasteiger partial charge in [0.2, 0.25) is 11.7 Å². The van der Waals surface area contributed by atoms with Crippen molar-refractivity contribution in [2.24, 2.45) is 0 Å². The molecule has 176 valence electrons. The Morgan fingerprint density at radius 2 is 1.62 bits per heavy atom. The fourth-order valence-electron chi connectivity index (χ4n) is 4.82. The molecule has 5 rings (SSSR count). The Morgan fingerprint density at radius 3 is 2.24 bits per heavy atom. The van der Waals surface area contributed by atoms with Gasteiger partial charge in [0, 0.05) is 17.7 Å². The lowest BCUT2D eigenvalue weighted by molar-refractivity contribution is -0.116. The molecule has 3 aromatic rings. The summed E-state index contributed by atoms with van der Waals surface area (Å²) in [5.41, 5.74) is 3.47. The number of hydrogen-bond donors (Lipinski definition) is 1. The Morgan fingerprint density at radius 1 is 0.912 bits per heavy atom. The Balaban J connectivity index is 1.56. The van der Waals surface area contributed by atoms with E-state index in [-0.39, 0.29) is 17.7 Å². The SMILES string of the molecule is COc1ccc([C@@H]2C3=C(C[C@@H](c4cc(OC)c(OC)c(OC)c4)CC3=O)Nc3ncnn32)cc1. The van der Waals surface area contributed by atoms with Crippen LogP contribution >= 0.6 is 0 Å². The smallest absolute Gasteiger partial charge is 0.226 e. The largest absolute Gasteiger partial charge is 0.497 e. The first-order valence-electron chi connectivity index (χ1n) is 10.9. The van der Waals surface area contributed by atoms with Crippen LogP contribution in [0.5, 0.6) is 23.0 Å². The number of methoxy groups -OCH3 is 4. The topological polar surface area (TPSA) is 96.7 Å². The van der Waals surface area contributed by atoms with Crippen LogP contribution < -0.4 is 24.3 Å². The van der Waals surface area contributed by atoms with E-state index in [9.17, 15) is 4.79 Å². The van der Waals surface area contributed by atoms with E-state index in [0.717, 1.165) is 22.6 Å². The van der Waals surface area contributed by atoms with Crippen molar-refractivity contribution in [1.29, 1.82) is 0 Å². The third-order valence-corrected chi connectivity index (χ3v) is 6.45. The molecule has 1 aliphatic carbocycles. The highest BCUT2D eigenvalue weighted by Crippen LogP contribution is 2.47. The van der Waals surface area contributed by atoms with E-state index in [1.165, 1.54) is 6.33 Å². The van der Waals surface area contributed by atoms with Crippen LogP contribution in [0.1, 0.15) is 35.9 Å². The van der Waals surface area contributed by atoms with Crippen molar-refractivity contribution in [2.45, 2.75) is 24.8 Å². The molecule has 2 aliphatic rings. The predicted octanol–water partition coefficient (Wildman–Crippen LogP) is 3.73. The van der Waals surface area contributed by atoms with Gasteiger partial charge < -0.3 is 24.3 Å². The third-order valence-electron chi connectivity index (χ3n) is 6.45. The summed E-state index contributed by atoms with van der Waals surface area (Å²) in [7, 11) is 6.37. The number of aromatic nitrogens is 3. The summed E-state index contributed by atoms with van der Waals surface area (Å²) in [6.07, 6.45) is 2.49. The molecular weight excluding hydrogens is 436 g/mol. The van der Waals surface area contributed by atoms with Crippen LogP contribution in [0.25, 0.3) is 0 Å². The normalized spacial score (nSPS) is 19.1. The number of anilines is 1. The highest BCUT2D eigenvalue weighted by molar-refractivity contribution is 6.00. The lowest BCUT2D eigenvalue weighted by atomic mass is 9.77. The van der Waals surface area contributed by atoms with Crippen molar-refractivity contribution in [1.82, 2.24) is 14.8 Å². The van der Waals surface area contributed by atoms with Crippen LogP contribution in [-0.4, -0.2) is 49.0 Å². The molecule has 2 heterocycles. The van der Waals surface area contributed by atoms with Crippen LogP contribution in [0.2, 0.25) is 0 Å². The van der Waals surface area contributed by atoms with Crippen LogP contribution in [0.15, 0.2) is 54.0 Å². The second kappa shape index (κ2) is 8.74. The van der Waals surface area contributed by atoms with Gasteiger partial charge in [-0.3, -0.25) is 4.79 Å². The molecule has 1 N–H and O–H groups in total. The molecule has 0 radical (unpaired) electrons. The zero-order valence-electron chi connectivity index (χ0n) is 19.5. The number of allylic oxidation sites excluding steroid dienone is 2. The maximum Gasteiger partial charge on any atom is 0.226 e. The van der Waals surface area contributed by atoms with E-state index in [2.05, 4.69) is 15.4 Å². The van der Waals surface area contributed by atoms with E-state index < -0.39 is 0 Å². The van der Waals surface area contributed by atoms with E-state index >= 15 is 0 Å². The van der Waals surface area contributed by atoms with Crippen LogP contribution in [0, 0.1) is 0 Å². The van der Waals surface area contributed by atoms with Gasteiger partial charge in [0.1, 0.15) is 18.1 Å². The lowest BCUT2D eigenvalue weighted by Crippen LogP contribution is -2.33. The van der Waals surface area contributed by atoms with Crippen LogP contribution in [0.3, 0.4) is 0 Å². The van der Waals surface area contributed by atoms with Gasteiger partial charge >= 0.3 is 0 Å². The molecule has 34 heavy (non-hydrogen) atoms. The molecule has 9 heteroatoms. The minimum absolute atomic E-state index is 0.0570. The summed E-state index contributed by atoms with van der Waals surface area (Å²) in [4.78, 5) is 18.0. The van der Waals surface area contributed by atoms with Crippen LogP contribution in [-0.2, 0) is 4.79 Å². The maximum absolute atomic E-state index is 13.6. The molecule has 0 bridgehead atoms. The minimum Gasteiger partial charge on any atom is -0.497 e. The van der Waals surface area contributed by atoms with Gasteiger partial charge in [0.15, 0.2) is 17.3 Å². The van der Waals surface area contributed by atoms with Crippen molar-refractivity contribution in [3.05, 3.63) is 65.1 Å². The number of ether oxygens (including phenoxy) is 4. The number of fused-ring (bicyclic) bond motifs is 1. The van der Waals surface area contributed by atoms with Crippen LogP contribution in [0.4, 0.5) is 5.95 Å². The van der Waals surface area contributed by atoms with Gasteiger partial charge in [-0.25, -0.2) is 4.68 Å². The molecule has 0 saturated heterocycles. The van der Waals surface area contributed by atoms with Gasteiger partial charge in [-0.05, 0) is 47.7 Å². The average Bonchev–Trinajstić information content (AvgIpc) is 3.34. The van der Waals surface area contributed by atoms with Gasteiger partial charge in [-0.2, -0.15) is 10.1 Å². The predicted molar refractivity (Wildman–Crippen MR) is 125 cm³/mol. The summed E-state index contributed by atoms with van der Waals surface area (Å²) < 4.78 is 23.6. The molecular formula is C25H26N4O5. The minimum atomic E-state index is -0.354. The van der Waals surface area contributed by atoms with Crippen molar-refractivity contribution in [2.75, 3.05) is 33.8 Å². The van der Waals surface area contributed by atoms with Gasteiger partial charge in [-0.15, -0.1) is 0 Å². The Bertz CT molecular complexity index is 1240. The van der Waals surface area contributed by atoms with E-state index in [4.69, 9.17) is 18.9 Å². The number of ketones is 1. The fourth-order valence-corrected chi connectivity index (χ4v) is 4.82. The van der Waals surface area contributed by atoms with E-state index in [1.807, 2.05) is 36.4 Å². The standard InChI is InChI=1S/C25H26N4O5/c1-31-17-7-5-14(6-8-17)23-22-18(28-25-26-13-27-29(23)25)9-15(10-19(22)30)16-11-20(32-2)24(34-4)21(12-16)33-3/h5-8,11-13,15,23H,9-10H2,1-4H3,(H,26,27,28)/t15-,23-/m1/s1. The van der Waals surface area contributed by atoms with Crippen molar-refractivity contribution in [3.8, 4) is 23.0 Å². The summed E-state index contributed by atoms with van der Waals surface area (Å²) in [6, 6.07) is 11.2. The molecule has 2 aromatic carbocycles. The molecule has 0 fully saturated rings. The molecule has 0 amide bonds. The molecule has 2 atom stereocenters. The van der Waals surface area contributed by atoms with Gasteiger partial charge in [0.25, 0.3) is 0 Å². The number of Topliss-reactive ketones (excluding diaryl/α,β-unsaturated/α-hetero) is 1. The second-order valence-electron chi connectivity index (χ2n) is 8.21. The monoisotopic (exact) mass is 462 g/mol. The highest BCUT2D eigenvalue weighted by Gasteiger charge is 2.39. The lowest BCUT2D eigenvalue weighted by Gasteiger charge is -2.35. The van der Waals surface area contributed by atoms with Crippen molar-refractivity contribution < 1.29 is 23.7 Å². The molecule has 1 aromatic heterocycles. The molecule has 0 saturated carbocycles. The Labute approximate surface area is 197 Å². The molecule has 0 spiro atoms. The highest BCUT2D eigenvalue weighted by atomic mass is 16.5. The average molecular weight is 463 g/mol. The number of hydrogen-bond acceptors (Lipinski definition) is 8. The van der Waals surface area contributed by atoms with Gasteiger partial charge in [0.05, 0.1) is 28.4 Å². The Kier molecular flexibility index (Phi) is 5.61. The number of nitrogens with zero attached hydrogens (tertiary/aromatic N) is 3. The fraction of sp³-hybridized carbons (Fsp3) is 0.320. The second-order valence-corrected chi connectivity index (χ2v) is 8.21. The van der Waals surface area contributed by atoms with Gasteiger partial charge in [-0.1, -0.05) is 12.1 Å². The number of carbonyl (C=O) groups excluding carboxylic acids is 1. The summed E-state index contributed by atoms with van der Waals surface area (Å²) in [5.74, 6) is 3.03. The quantitative estimate of drug-likeness (QED) is 0.592. The first-order valence-corrected chi connectivity index (χ1v) is 10.9. The Hall–Kier alpha value is -4.01. The van der Waals surface area contributed by atoms with Crippen molar-refractivity contribution >= 4 is 11.7 Å². The number of carbonyl (C=O) groups is 1. The zero-order chi connectivity index (χ0) is 23.8. The maximum atomic E-state index is 13.6. The van der Waals surface area contributed by atoms with E-state index in [1.54, 1.807) is 33.1 Å². The first kappa shape index (κ1) is 21.8. The first-order chi connectivity index (χ1) is 16.6. The number of nitrogens with one attached hydrogen (secondary N) is 1. The number of benzene rings is 2. The molecule has 9 nitrogen and oxygen atoms in total. The molecule has 0 unspecified atom stereocenters. The summed E-state index contributed by atoms with van der Waals surface area (Å²) >= 11 is 0. The third kappa shape index (κ3) is 3.53. The summed E-state index contributed by atoms with van der Waals surface area (Å²) in [5, 5.41) is 7.75. The van der Waals surface area contributed by atoms with E-state index in [0.29, 0.717) is 41.6 Å². The number of rotatable bonds is 6. The van der Waals surface area contributed by atoms with Crippen molar-refractivity contribution in [3.63, 3.8) is 0 Å². The summed E-state index contributed by atoms with van der Waals surface area (Å²) in [6.45, 7) is 0. The zero-order valence-corrected chi connectivity index (χ0v) is 19.5. The molecule has 1 aliphatic heterocycles.